The van der Waals surface area contributed by atoms with Gasteiger partial charge in [-0.2, -0.15) is 0 Å². The van der Waals surface area contributed by atoms with Crippen LogP contribution in [0.4, 0.5) is 5.95 Å². The number of aliphatic hydroxyl groups is 2. The van der Waals surface area contributed by atoms with Crippen LogP contribution in [0.1, 0.15) is 13.8 Å². The Morgan fingerprint density at radius 2 is 1.66 bits per heavy atom. The number of hydrogen-bond donors (Lipinski definition) is 3. The van der Waals surface area contributed by atoms with E-state index in [0.717, 1.165) is 33.3 Å². The summed E-state index contributed by atoms with van der Waals surface area (Å²) in [6.45, 7) is 3.71. The predicted octanol–water partition coefficient (Wildman–Crippen LogP) is 2.30. The van der Waals surface area contributed by atoms with Crippen molar-refractivity contribution in [3.8, 4) is 22.8 Å². The Morgan fingerprint density at radius 3 is 2.28 bits per heavy atom. The molecule has 0 fully saturated rings. The van der Waals surface area contributed by atoms with Crippen molar-refractivity contribution < 1.29 is 14.9 Å². The smallest absolute Gasteiger partial charge is 0.223 e. The molecule has 6 nitrogen and oxygen atoms in total. The van der Waals surface area contributed by atoms with E-state index >= 15 is 0 Å². The highest BCUT2D eigenvalue weighted by atomic mass is 16.5. The number of aromatic nitrogens is 2. The monoisotopic (exact) mass is 391 g/mol. The Labute approximate surface area is 169 Å². The third-order valence-corrected chi connectivity index (χ3v) is 4.35. The fourth-order valence-corrected chi connectivity index (χ4v) is 2.87. The van der Waals surface area contributed by atoms with E-state index in [0.29, 0.717) is 5.95 Å². The summed E-state index contributed by atoms with van der Waals surface area (Å²) >= 11 is 0. The van der Waals surface area contributed by atoms with Gasteiger partial charge in [0.05, 0.1) is 23.8 Å². The number of ether oxygens (including phenoxy) is 1. The second kappa shape index (κ2) is 9.82. The van der Waals surface area contributed by atoms with Crippen LogP contribution in [-0.4, -0.2) is 39.4 Å². The summed E-state index contributed by atoms with van der Waals surface area (Å²) in [6.07, 6.45) is 3.02. The van der Waals surface area contributed by atoms with E-state index < -0.39 is 6.10 Å². The van der Waals surface area contributed by atoms with Crippen LogP contribution >= 0.6 is 0 Å². The van der Waals surface area contributed by atoms with Crippen molar-refractivity contribution in [2.75, 3.05) is 18.5 Å². The molecule has 0 spiro atoms. The lowest BCUT2D eigenvalue weighted by Gasteiger charge is -2.11. The molecular formula is C23H25N3O3. The van der Waals surface area contributed by atoms with Crippen LogP contribution in [-0.2, 0) is 0 Å². The Morgan fingerprint density at radius 1 is 0.966 bits per heavy atom. The van der Waals surface area contributed by atoms with Crippen molar-refractivity contribution >= 4 is 18.1 Å². The average molecular weight is 391 g/mol. The van der Waals surface area contributed by atoms with E-state index in [9.17, 15) is 5.11 Å². The fourth-order valence-electron chi connectivity index (χ4n) is 2.87. The Kier molecular flexibility index (Phi) is 6.94. The highest BCUT2D eigenvalue weighted by molar-refractivity contribution is 5.63. The summed E-state index contributed by atoms with van der Waals surface area (Å²) in [5.41, 5.74) is 1.71. The van der Waals surface area contributed by atoms with E-state index in [2.05, 4.69) is 15.3 Å². The van der Waals surface area contributed by atoms with Crippen molar-refractivity contribution in [1.82, 2.24) is 9.97 Å². The molecule has 6 heteroatoms. The number of nitrogens with zero attached hydrogens (tertiary/aromatic N) is 2. The Balaban J connectivity index is 1.94. The van der Waals surface area contributed by atoms with Crippen molar-refractivity contribution in [3.05, 3.63) is 65.2 Å². The lowest BCUT2D eigenvalue weighted by atomic mass is 10.1. The zero-order chi connectivity index (χ0) is 20.6. The molecule has 1 aromatic heterocycles. The summed E-state index contributed by atoms with van der Waals surface area (Å²) in [6, 6.07) is 17.3. The van der Waals surface area contributed by atoms with Gasteiger partial charge < -0.3 is 20.3 Å². The SMILES string of the molecule is CC=c1nc(NCC(O)CO)nc(-c2ccc(Oc3ccccc3)cc2)c1=CC. The summed E-state index contributed by atoms with van der Waals surface area (Å²) < 4.78 is 5.86. The normalized spacial score (nSPS) is 13.4. The zero-order valence-electron chi connectivity index (χ0n) is 16.5. The third-order valence-electron chi connectivity index (χ3n) is 4.35. The van der Waals surface area contributed by atoms with Gasteiger partial charge in [-0.3, -0.25) is 0 Å². The van der Waals surface area contributed by atoms with Crippen LogP contribution in [0.15, 0.2) is 54.6 Å². The van der Waals surface area contributed by atoms with Gasteiger partial charge in [0.2, 0.25) is 5.95 Å². The fraction of sp³-hybridized carbons (Fsp3) is 0.217. The van der Waals surface area contributed by atoms with Gasteiger partial charge >= 0.3 is 0 Å². The molecule has 1 atom stereocenters. The first-order valence-corrected chi connectivity index (χ1v) is 9.51. The maximum absolute atomic E-state index is 9.59. The van der Waals surface area contributed by atoms with Crippen LogP contribution in [0.25, 0.3) is 23.4 Å². The molecule has 3 rings (SSSR count). The molecule has 0 saturated heterocycles. The van der Waals surface area contributed by atoms with Crippen LogP contribution in [0.5, 0.6) is 11.5 Å². The third kappa shape index (κ3) is 5.19. The maximum atomic E-state index is 9.59. The Hall–Kier alpha value is -3.22. The average Bonchev–Trinajstić information content (AvgIpc) is 2.77. The second-order valence-corrected chi connectivity index (χ2v) is 6.43. The number of benzene rings is 2. The van der Waals surface area contributed by atoms with Crippen LogP contribution in [0, 0.1) is 0 Å². The molecule has 1 heterocycles. The van der Waals surface area contributed by atoms with E-state index in [4.69, 9.17) is 9.84 Å². The number of hydrogen-bond acceptors (Lipinski definition) is 6. The van der Waals surface area contributed by atoms with Crippen LogP contribution in [0.2, 0.25) is 0 Å². The van der Waals surface area contributed by atoms with Gasteiger partial charge in [0, 0.05) is 17.3 Å². The number of aliphatic hydroxyl groups excluding tert-OH is 2. The topological polar surface area (TPSA) is 87.5 Å². The first-order valence-electron chi connectivity index (χ1n) is 9.51. The minimum absolute atomic E-state index is 0.165. The van der Waals surface area contributed by atoms with Crippen molar-refractivity contribution in [3.63, 3.8) is 0 Å². The van der Waals surface area contributed by atoms with E-state index in [1.54, 1.807) is 0 Å². The van der Waals surface area contributed by atoms with Gasteiger partial charge in [-0.25, -0.2) is 9.97 Å². The maximum Gasteiger partial charge on any atom is 0.223 e. The van der Waals surface area contributed by atoms with Gasteiger partial charge in [-0.15, -0.1) is 0 Å². The van der Waals surface area contributed by atoms with E-state index in [1.807, 2.05) is 80.6 Å². The first-order chi connectivity index (χ1) is 14.1. The van der Waals surface area contributed by atoms with E-state index in [-0.39, 0.29) is 13.2 Å². The lowest BCUT2D eigenvalue weighted by Crippen LogP contribution is -2.33. The molecule has 0 radical (unpaired) electrons. The molecule has 3 N–H and O–H groups in total. The molecule has 0 aliphatic rings. The molecule has 2 aromatic carbocycles. The molecule has 0 saturated carbocycles. The van der Waals surface area contributed by atoms with Crippen molar-refractivity contribution in [2.45, 2.75) is 20.0 Å². The second-order valence-electron chi connectivity index (χ2n) is 6.43. The van der Waals surface area contributed by atoms with E-state index in [1.165, 1.54) is 0 Å². The summed E-state index contributed by atoms with van der Waals surface area (Å²) in [5.74, 6) is 1.92. The molecule has 0 bridgehead atoms. The molecular weight excluding hydrogens is 366 g/mol. The molecule has 0 aliphatic carbocycles. The van der Waals surface area contributed by atoms with Gasteiger partial charge in [-0.05, 0) is 50.2 Å². The molecule has 0 amide bonds. The quantitative estimate of drug-likeness (QED) is 0.573. The van der Waals surface area contributed by atoms with Crippen molar-refractivity contribution in [1.29, 1.82) is 0 Å². The summed E-state index contributed by atoms with van der Waals surface area (Å²) in [5, 5.41) is 23.3. The van der Waals surface area contributed by atoms with Crippen molar-refractivity contribution in [2.24, 2.45) is 0 Å². The number of nitrogens with one attached hydrogen (secondary N) is 1. The van der Waals surface area contributed by atoms with Gasteiger partial charge in [-0.1, -0.05) is 30.4 Å². The molecule has 150 valence electrons. The predicted molar refractivity (Wildman–Crippen MR) is 115 cm³/mol. The minimum Gasteiger partial charge on any atom is -0.457 e. The first kappa shape index (κ1) is 20.5. The van der Waals surface area contributed by atoms with Crippen LogP contribution in [0.3, 0.4) is 0 Å². The minimum atomic E-state index is -0.872. The van der Waals surface area contributed by atoms with Gasteiger partial charge in [0.25, 0.3) is 0 Å². The Bertz CT molecular complexity index is 1050. The largest absolute Gasteiger partial charge is 0.457 e. The number of rotatable bonds is 7. The highest BCUT2D eigenvalue weighted by Crippen LogP contribution is 2.23. The molecule has 0 aliphatic heterocycles. The summed E-state index contributed by atoms with van der Waals surface area (Å²) in [7, 11) is 0. The highest BCUT2D eigenvalue weighted by Gasteiger charge is 2.09. The molecule has 29 heavy (non-hydrogen) atoms. The number of para-hydroxylation sites is 1. The van der Waals surface area contributed by atoms with Crippen LogP contribution < -0.4 is 20.6 Å². The van der Waals surface area contributed by atoms with Gasteiger partial charge in [0.1, 0.15) is 11.5 Å². The number of anilines is 1. The molecule has 3 aromatic rings. The zero-order valence-corrected chi connectivity index (χ0v) is 16.5. The molecule has 1 unspecified atom stereocenters. The standard InChI is InChI=1S/C23H25N3O3/c1-3-20-21(4-2)25-23(24-14-17(28)15-27)26-22(20)16-10-12-19(13-11-16)29-18-8-6-5-7-9-18/h3-13,17,27-28H,14-15H2,1-2H3,(H,24,25). The van der Waals surface area contributed by atoms with Gasteiger partial charge in [0.15, 0.2) is 0 Å². The summed E-state index contributed by atoms with van der Waals surface area (Å²) in [4.78, 5) is 9.14. The lowest BCUT2D eigenvalue weighted by molar-refractivity contribution is 0.105.